The van der Waals surface area contributed by atoms with Crippen molar-refractivity contribution in [2.75, 3.05) is 6.54 Å². The van der Waals surface area contributed by atoms with Gasteiger partial charge in [0.2, 0.25) is 5.91 Å². The highest BCUT2D eigenvalue weighted by Gasteiger charge is 2.48. The van der Waals surface area contributed by atoms with Crippen LogP contribution in [0.5, 0.6) is 0 Å². The van der Waals surface area contributed by atoms with E-state index in [1.165, 1.54) is 0 Å². The van der Waals surface area contributed by atoms with Crippen molar-refractivity contribution in [3.8, 4) is 0 Å². The fourth-order valence-electron chi connectivity index (χ4n) is 4.98. The van der Waals surface area contributed by atoms with Gasteiger partial charge in [0, 0.05) is 12.6 Å². The molecular weight excluding hydrogens is 388 g/mol. The quantitative estimate of drug-likeness (QED) is 0.692. The number of nitrogens with zero attached hydrogens (tertiary/aromatic N) is 3. The van der Waals surface area contributed by atoms with Crippen LogP contribution in [-0.4, -0.2) is 44.4 Å². The number of amides is 2. The fourth-order valence-corrected chi connectivity index (χ4v) is 4.98. The molecule has 1 aliphatic carbocycles. The Labute approximate surface area is 182 Å². The second-order valence-electron chi connectivity index (χ2n) is 8.93. The number of hydrogen-bond acceptors (Lipinski definition) is 3. The number of carbonyl (C=O) groups is 2. The minimum Gasteiger partial charge on any atom is -0.351 e. The molecule has 0 saturated heterocycles. The van der Waals surface area contributed by atoms with Gasteiger partial charge in [0.05, 0.1) is 17.6 Å². The first-order valence-electron chi connectivity index (χ1n) is 11.2. The number of rotatable bonds is 5. The van der Waals surface area contributed by atoms with Crippen LogP contribution in [0.1, 0.15) is 48.8 Å². The molecule has 1 saturated carbocycles. The Hall–Kier alpha value is -3.15. The zero-order valence-corrected chi connectivity index (χ0v) is 17.9. The van der Waals surface area contributed by atoms with Crippen molar-refractivity contribution < 1.29 is 9.59 Å². The van der Waals surface area contributed by atoms with E-state index in [-0.39, 0.29) is 17.9 Å². The van der Waals surface area contributed by atoms with E-state index < -0.39 is 5.54 Å². The van der Waals surface area contributed by atoms with E-state index >= 15 is 0 Å². The van der Waals surface area contributed by atoms with Gasteiger partial charge in [-0.15, -0.1) is 0 Å². The van der Waals surface area contributed by atoms with E-state index in [9.17, 15) is 9.59 Å². The van der Waals surface area contributed by atoms with Gasteiger partial charge in [-0.2, -0.15) is 0 Å². The summed E-state index contributed by atoms with van der Waals surface area (Å²) < 4.78 is 1.92. The molecule has 0 spiro atoms. The van der Waals surface area contributed by atoms with Crippen LogP contribution in [-0.2, 0) is 17.8 Å². The van der Waals surface area contributed by atoms with Crippen molar-refractivity contribution in [3.05, 3.63) is 66.0 Å². The lowest BCUT2D eigenvalue weighted by molar-refractivity contribution is -0.133. The summed E-state index contributed by atoms with van der Waals surface area (Å²) in [6, 6.07) is 18.0. The van der Waals surface area contributed by atoms with Gasteiger partial charge in [-0.25, -0.2) is 4.98 Å². The van der Waals surface area contributed by atoms with E-state index in [1.54, 1.807) is 4.90 Å². The van der Waals surface area contributed by atoms with Crippen LogP contribution in [0.2, 0.25) is 0 Å². The zero-order valence-electron chi connectivity index (χ0n) is 17.9. The van der Waals surface area contributed by atoms with Crippen LogP contribution in [0.15, 0.2) is 54.6 Å². The lowest BCUT2D eigenvalue weighted by atomic mass is 9.93. The summed E-state index contributed by atoms with van der Waals surface area (Å²) in [6.07, 6.45) is 5.01. The van der Waals surface area contributed by atoms with Crippen LogP contribution >= 0.6 is 0 Å². The number of hydrogen-bond donors (Lipinski definition) is 1. The monoisotopic (exact) mass is 416 g/mol. The Morgan fingerprint density at radius 1 is 1.10 bits per heavy atom. The molecule has 6 heteroatoms. The third kappa shape index (κ3) is 3.50. The lowest BCUT2D eigenvalue weighted by Crippen LogP contribution is -2.65. The minimum atomic E-state index is -0.967. The summed E-state index contributed by atoms with van der Waals surface area (Å²) in [4.78, 5) is 33.5. The summed E-state index contributed by atoms with van der Waals surface area (Å²) in [7, 11) is 0. The van der Waals surface area contributed by atoms with Crippen molar-refractivity contribution in [2.45, 2.75) is 57.2 Å². The molecule has 1 fully saturated rings. The SMILES string of the molecule is C[C@]1(C(=O)NC2CCCC2)Cn2c(nc3ccccc32)C(=O)N1CCc1ccccc1. The molecule has 2 aliphatic rings. The molecule has 1 N–H and O–H groups in total. The van der Waals surface area contributed by atoms with Crippen LogP contribution < -0.4 is 5.32 Å². The smallest absolute Gasteiger partial charge is 0.290 e. The molecule has 2 aromatic carbocycles. The third-order valence-electron chi connectivity index (χ3n) is 6.80. The van der Waals surface area contributed by atoms with Gasteiger partial charge in [0.1, 0.15) is 5.54 Å². The number of para-hydroxylation sites is 2. The first-order chi connectivity index (χ1) is 15.1. The van der Waals surface area contributed by atoms with Crippen LogP contribution in [0, 0.1) is 0 Å². The fraction of sp³-hybridized carbons (Fsp3) is 0.400. The largest absolute Gasteiger partial charge is 0.351 e. The highest BCUT2D eigenvalue weighted by molar-refractivity contribution is 6.01. The molecule has 0 unspecified atom stereocenters. The Morgan fingerprint density at radius 2 is 1.81 bits per heavy atom. The molecule has 3 aromatic rings. The molecule has 2 amide bonds. The molecular formula is C25H28N4O2. The maximum Gasteiger partial charge on any atom is 0.290 e. The lowest BCUT2D eigenvalue weighted by Gasteiger charge is -2.44. The van der Waals surface area contributed by atoms with E-state index in [0.717, 1.165) is 42.3 Å². The van der Waals surface area contributed by atoms with Crippen molar-refractivity contribution in [1.29, 1.82) is 0 Å². The molecule has 160 valence electrons. The Balaban J connectivity index is 1.51. The van der Waals surface area contributed by atoms with Gasteiger partial charge < -0.3 is 14.8 Å². The number of nitrogens with one attached hydrogen (secondary N) is 1. The first-order valence-corrected chi connectivity index (χ1v) is 11.2. The standard InChI is InChI=1S/C25H28N4O2/c1-25(24(31)26-19-11-5-6-12-19)17-28-21-14-8-7-13-20(21)27-22(28)23(30)29(25)16-15-18-9-3-2-4-10-18/h2-4,7-10,13-14,19H,5-6,11-12,15-17H2,1H3,(H,26,31)/t25-/m1/s1. The average Bonchev–Trinajstić information content (AvgIpc) is 3.42. The second-order valence-corrected chi connectivity index (χ2v) is 8.93. The summed E-state index contributed by atoms with van der Waals surface area (Å²) >= 11 is 0. The molecule has 0 radical (unpaired) electrons. The second kappa shape index (κ2) is 7.84. The maximum absolute atomic E-state index is 13.6. The minimum absolute atomic E-state index is 0.0655. The number of carbonyl (C=O) groups excluding carboxylic acids is 2. The van der Waals surface area contributed by atoms with E-state index in [0.29, 0.717) is 25.3 Å². The molecule has 0 bridgehead atoms. The van der Waals surface area contributed by atoms with E-state index in [2.05, 4.69) is 22.4 Å². The number of imidazole rings is 1. The summed E-state index contributed by atoms with van der Waals surface area (Å²) in [6.45, 7) is 2.78. The van der Waals surface area contributed by atoms with Crippen LogP contribution in [0.4, 0.5) is 0 Å². The molecule has 31 heavy (non-hydrogen) atoms. The van der Waals surface area contributed by atoms with E-state index in [1.807, 2.05) is 54.0 Å². The van der Waals surface area contributed by atoms with Crippen LogP contribution in [0.25, 0.3) is 11.0 Å². The van der Waals surface area contributed by atoms with Crippen molar-refractivity contribution in [2.24, 2.45) is 0 Å². The first kappa shape index (κ1) is 19.8. The highest BCUT2D eigenvalue weighted by atomic mass is 16.2. The predicted octanol–water partition coefficient (Wildman–Crippen LogP) is 3.55. The summed E-state index contributed by atoms with van der Waals surface area (Å²) in [5, 5.41) is 3.24. The molecule has 5 rings (SSSR count). The van der Waals surface area contributed by atoms with Crippen molar-refractivity contribution in [3.63, 3.8) is 0 Å². The number of fused-ring (bicyclic) bond motifs is 3. The van der Waals surface area contributed by atoms with Gasteiger partial charge in [0.25, 0.3) is 5.91 Å². The number of benzene rings is 2. The molecule has 1 aliphatic heterocycles. The third-order valence-corrected chi connectivity index (χ3v) is 6.80. The topological polar surface area (TPSA) is 67.2 Å². The molecule has 2 heterocycles. The summed E-state index contributed by atoms with van der Waals surface area (Å²) in [5.74, 6) is 0.173. The Morgan fingerprint density at radius 3 is 2.58 bits per heavy atom. The predicted molar refractivity (Wildman–Crippen MR) is 120 cm³/mol. The molecule has 1 atom stereocenters. The Kier molecular flexibility index (Phi) is 5.00. The molecule has 1 aromatic heterocycles. The normalized spacial score (nSPS) is 21.5. The van der Waals surface area contributed by atoms with Crippen molar-refractivity contribution >= 4 is 22.8 Å². The zero-order chi connectivity index (χ0) is 21.4. The highest BCUT2D eigenvalue weighted by Crippen LogP contribution is 2.31. The average molecular weight is 417 g/mol. The number of aromatic nitrogens is 2. The van der Waals surface area contributed by atoms with Crippen molar-refractivity contribution in [1.82, 2.24) is 19.8 Å². The molecule has 6 nitrogen and oxygen atoms in total. The maximum atomic E-state index is 13.6. The van der Waals surface area contributed by atoms with Gasteiger partial charge in [-0.3, -0.25) is 9.59 Å². The van der Waals surface area contributed by atoms with Gasteiger partial charge in [0.15, 0.2) is 5.82 Å². The van der Waals surface area contributed by atoms with Gasteiger partial charge >= 0.3 is 0 Å². The van der Waals surface area contributed by atoms with Gasteiger partial charge in [-0.1, -0.05) is 55.3 Å². The van der Waals surface area contributed by atoms with Gasteiger partial charge in [-0.05, 0) is 43.9 Å². The van der Waals surface area contributed by atoms with Crippen LogP contribution in [0.3, 0.4) is 0 Å². The summed E-state index contributed by atoms with van der Waals surface area (Å²) in [5.41, 5.74) is 1.86. The Bertz CT molecular complexity index is 1120. The van der Waals surface area contributed by atoms with E-state index in [4.69, 9.17) is 0 Å².